The maximum Gasteiger partial charge on any atom is 0.303 e. The molecule has 5 nitrogen and oxygen atoms in total. The first kappa shape index (κ1) is 32.3. The Labute approximate surface area is 232 Å². The average molecular weight is 545 g/mol. The summed E-state index contributed by atoms with van der Waals surface area (Å²) >= 11 is 0. The third kappa shape index (κ3) is 9.67. The van der Waals surface area contributed by atoms with Gasteiger partial charge < -0.3 is 14.3 Å². The Morgan fingerprint density at radius 2 is 1.71 bits per heavy atom. The largest absolute Gasteiger partial charge is 0.491 e. The van der Waals surface area contributed by atoms with Gasteiger partial charge in [0, 0.05) is 12.8 Å². The molecule has 0 radical (unpaired) electrons. The van der Waals surface area contributed by atoms with Gasteiger partial charge in [-0.25, -0.2) is 0 Å². The van der Waals surface area contributed by atoms with Crippen molar-refractivity contribution in [3.63, 3.8) is 0 Å². The van der Waals surface area contributed by atoms with Gasteiger partial charge in [-0.3, -0.25) is 9.59 Å². The Bertz CT molecular complexity index is 902. The number of allylic oxidation sites excluding steroid dienone is 2. The number of para-hydroxylation sites is 1. The molecule has 38 heavy (non-hydrogen) atoms. The van der Waals surface area contributed by atoms with Crippen molar-refractivity contribution in [3.05, 3.63) is 42.0 Å². The van der Waals surface area contributed by atoms with Gasteiger partial charge in [0.15, 0.2) is 8.32 Å². The number of hydrogen-bond donors (Lipinski definition) is 1. The molecule has 0 aliphatic heterocycles. The number of rotatable bonds is 18. The molecule has 2 rings (SSSR count). The van der Waals surface area contributed by atoms with Crippen LogP contribution in [0.25, 0.3) is 0 Å². The van der Waals surface area contributed by atoms with Crippen LogP contribution in [-0.4, -0.2) is 37.9 Å². The molecule has 0 fully saturated rings. The summed E-state index contributed by atoms with van der Waals surface area (Å²) < 4.78 is 13.0. The number of ether oxygens (including phenoxy) is 1. The molecule has 0 unspecified atom stereocenters. The van der Waals surface area contributed by atoms with Gasteiger partial charge >= 0.3 is 5.97 Å². The lowest BCUT2D eigenvalue weighted by atomic mass is 9.71. The van der Waals surface area contributed by atoms with Crippen LogP contribution in [0.1, 0.15) is 105 Å². The maximum atomic E-state index is 13.4. The van der Waals surface area contributed by atoms with Crippen molar-refractivity contribution in [2.24, 2.45) is 5.41 Å². The van der Waals surface area contributed by atoms with E-state index in [2.05, 4.69) is 46.9 Å². The van der Waals surface area contributed by atoms with Gasteiger partial charge in [0.05, 0.1) is 11.5 Å². The van der Waals surface area contributed by atoms with Crippen molar-refractivity contribution >= 4 is 20.1 Å². The van der Waals surface area contributed by atoms with Crippen molar-refractivity contribution < 1.29 is 23.9 Å². The number of unbranched alkanes of at least 4 members (excludes halogenated alkanes) is 4. The lowest BCUT2D eigenvalue weighted by molar-refractivity contribution is -0.137. The van der Waals surface area contributed by atoms with Crippen LogP contribution in [0.15, 0.2) is 42.0 Å². The van der Waals surface area contributed by atoms with Crippen molar-refractivity contribution in [2.75, 3.05) is 6.61 Å². The fourth-order valence-corrected chi connectivity index (χ4v) is 6.55. The summed E-state index contributed by atoms with van der Waals surface area (Å²) in [5.41, 5.74) is 0.940. The first-order valence-corrected chi connectivity index (χ1v) is 17.6. The van der Waals surface area contributed by atoms with Crippen LogP contribution in [0.3, 0.4) is 0 Å². The number of ketones is 1. The normalized spacial score (nSPS) is 18.9. The van der Waals surface area contributed by atoms with Crippen LogP contribution >= 0.6 is 0 Å². The summed E-state index contributed by atoms with van der Waals surface area (Å²) in [6.45, 7) is 14.1. The minimum Gasteiger partial charge on any atom is -0.491 e. The average Bonchev–Trinajstić information content (AvgIpc) is 3.16. The van der Waals surface area contributed by atoms with Gasteiger partial charge in [-0.05, 0) is 62.4 Å². The van der Waals surface area contributed by atoms with Gasteiger partial charge in [0.2, 0.25) is 0 Å². The lowest BCUT2D eigenvalue weighted by Gasteiger charge is -2.39. The number of hydrogen-bond acceptors (Lipinski definition) is 4. The first-order valence-electron chi connectivity index (χ1n) is 14.7. The van der Waals surface area contributed by atoms with E-state index in [1.54, 1.807) is 0 Å². The molecule has 214 valence electrons. The lowest BCUT2D eigenvalue weighted by Crippen LogP contribution is -2.45. The minimum atomic E-state index is -2.00. The van der Waals surface area contributed by atoms with Gasteiger partial charge in [-0.15, -0.1) is 0 Å². The zero-order valence-corrected chi connectivity index (χ0v) is 25.8. The van der Waals surface area contributed by atoms with E-state index in [9.17, 15) is 9.59 Å². The predicted molar refractivity (Wildman–Crippen MR) is 158 cm³/mol. The molecule has 0 aromatic heterocycles. The highest BCUT2D eigenvalue weighted by Gasteiger charge is 2.44. The zero-order chi connectivity index (χ0) is 28.2. The zero-order valence-electron chi connectivity index (χ0n) is 24.8. The summed E-state index contributed by atoms with van der Waals surface area (Å²) in [7, 11) is -2.00. The number of carboxylic acid groups (broad SMARTS) is 1. The van der Waals surface area contributed by atoms with Crippen molar-refractivity contribution in [1.82, 2.24) is 0 Å². The van der Waals surface area contributed by atoms with E-state index < -0.39 is 14.3 Å². The Morgan fingerprint density at radius 1 is 1.05 bits per heavy atom. The Morgan fingerprint density at radius 3 is 2.34 bits per heavy atom. The van der Waals surface area contributed by atoms with E-state index in [0.29, 0.717) is 25.2 Å². The molecule has 0 saturated heterocycles. The van der Waals surface area contributed by atoms with E-state index in [1.807, 2.05) is 30.3 Å². The van der Waals surface area contributed by atoms with E-state index in [-0.39, 0.29) is 23.0 Å². The first-order chi connectivity index (χ1) is 17.9. The van der Waals surface area contributed by atoms with Gasteiger partial charge in [0.25, 0.3) is 0 Å². The van der Waals surface area contributed by atoms with Gasteiger partial charge in [-0.1, -0.05) is 89.6 Å². The third-order valence-corrected chi connectivity index (χ3v) is 13.1. The number of aliphatic carboxylic acids is 1. The quantitative estimate of drug-likeness (QED) is 0.114. The second-order valence-corrected chi connectivity index (χ2v) is 17.3. The minimum absolute atomic E-state index is 0.0346. The molecule has 1 N–H and O–H groups in total. The topological polar surface area (TPSA) is 72.8 Å². The molecule has 6 heteroatoms. The third-order valence-electron chi connectivity index (χ3n) is 8.57. The van der Waals surface area contributed by atoms with Crippen LogP contribution in [0.4, 0.5) is 0 Å². The fourth-order valence-electron chi connectivity index (χ4n) is 5.18. The molecule has 0 saturated carbocycles. The summed E-state index contributed by atoms with van der Waals surface area (Å²) in [6.07, 6.45) is 12.1. The van der Waals surface area contributed by atoms with Crippen LogP contribution in [0, 0.1) is 5.41 Å². The van der Waals surface area contributed by atoms with Gasteiger partial charge in [0.1, 0.15) is 18.1 Å². The second kappa shape index (κ2) is 15.0. The molecule has 0 spiro atoms. The summed E-state index contributed by atoms with van der Waals surface area (Å²) in [4.78, 5) is 24.2. The molecule has 1 aromatic carbocycles. The standard InChI is InChI=1S/C32H52O5Si/c1-7-8-23-32(24-15-10-9-14-18-30(34)35)26(20-22-29(32)33)19-21-28(37-38(5,6)31(2,3)4)25-36-27-16-12-11-13-17-27/h11-13,16-17,20,28H,7-10,14-15,18-19,21-25H2,1-6H3,(H,34,35)/t28-,32+/m0/s1. The monoisotopic (exact) mass is 544 g/mol. The van der Waals surface area contributed by atoms with E-state index in [1.165, 1.54) is 5.57 Å². The Kier molecular flexibility index (Phi) is 12.8. The van der Waals surface area contributed by atoms with Crippen LogP contribution < -0.4 is 4.74 Å². The molecule has 1 aliphatic carbocycles. The number of Topliss-reactive ketones (excluding diaryl/α,β-unsaturated/α-hetero) is 1. The van der Waals surface area contributed by atoms with Crippen molar-refractivity contribution in [3.8, 4) is 5.75 Å². The predicted octanol–water partition coefficient (Wildman–Crippen LogP) is 8.74. The summed E-state index contributed by atoms with van der Waals surface area (Å²) in [5.74, 6) is 0.493. The highest BCUT2D eigenvalue weighted by molar-refractivity contribution is 6.74. The number of carbonyl (C=O) groups excluding carboxylic acids is 1. The van der Waals surface area contributed by atoms with E-state index in [0.717, 1.165) is 63.5 Å². The molecule has 1 aliphatic rings. The summed E-state index contributed by atoms with van der Waals surface area (Å²) in [6, 6.07) is 9.92. The molecule has 0 amide bonds. The molecule has 0 heterocycles. The smallest absolute Gasteiger partial charge is 0.303 e. The molecular weight excluding hydrogens is 492 g/mol. The van der Waals surface area contributed by atoms with E-state index in [4.69, 9.17) is 14.3 Å². The maximum absolute atomic E-state index is 13.4. The SMILES string of the molecule is CCCC[C@]1(CCCCCCC(=O)O)C(=O)CC=C1CC[C@@H](COc1ccccc1)O[Si](C)(C)C(C)(C)C. The fraction of sp³-hybridized carbons (Fsp3) is 0.688. The number of carbonyl (C=O) groups is 2. The Hall–Kier alpha value is -1.92. The van der Waals surface area contributed by atoms with Crippen LogP contribution in [0.2, 0.25) is 18.1 Å². The number of benzene rings is 1. The van der Waals surface area contributed by atoms with Crippen molar-refractivity contribution in [2.45, 2.75) is 129 Å². The van der Waals surface area contributed by atoms with Crippen molar-refractivity contribution in [1.29, 1.82) is 0 Å². The molecule has 0 bridgehead atoms. The molecule has 1 aromatic rings. The van der Waals surface area contributed by atoms with E-state index >= 15 is 0 Å². The van der Waals surface area contributed by atoms with Gasteiger partial charge in [-0.2, -0.15) is 0 Å². The Balaban J connectivity index is 2.11. The highest BCUT2D eigenvalue weighted by Crippen LogP contribution is 2.47. The summed E-state index contributed by atoms with van der Waals surface area (Å²) in [5, 5.41) is 9.01. The van der Waals surface area contributed by atoms with Crippen LogP contribution in [-0.2, 0) is 14.0 Å². The molecule has 2 atom stereocenters. The molecular formula is C32H52O5Si. The second-order valence-electron chi connectivity index (χ2n) is 12.5. The van der Waals surface area contributed by atoms with Crippen LogP contribution in [0.5, 0.6) is 5.75 Å². The highest BCUT2D eigenvalue weighted by atomic mass is 28.4. The number of carboxylic acids is 1.